The third-order valence-corrected chi connectivity index (χ3v) is 5.81. The molecule has 0 aliphatic carbocycles. The Labute approximate surface area is 158 Å². The van der Waals surface area contributed by atoms with Crippen LogP contribution in [0, 0.1) is 25.7 Å². The van der Waals surface area contributed by atoms with E-state index in [4.69, 9.17) is 0 Å². The van der Waals surface area contributed by atoms with Crippen LogP contribution >= 0.6 is 12.4 Å². The Morgan fingerprint density at radius 3 is 2.65 bits per heavy atom. The number of aromatic amines is 2. The number of nitrogens with zero attached hydrogens (tertiary/aromatic N) is 1. The van der Waals surface area contributed by atoms with Crippen LogP contribution in [0.2, 0.25) is 0 Å². The molecule has 3 atom stereocenters. The summed E-state index contributed by atoms with van der Waals surface area (Å²) in [6.45, 7) is 6.59. The minimum Gasteiger partial charge on any atom is -0.335 e. The lowest BCUT2D eigenvalue weighted by Gasteiger charge is -2.29. The molecule has 6 nitrogen and oxygen atoms in total. The van der Waals surface area contributed by atoms with Gasteiger partial charge in [0.25, 0.3) is 5.56 Å². The Kier molecular flexibility index (Phi) is 5.25. The first-order chi connectivity index (χ1) is 12.1. The van der Waals surface area contributed by atoms with Gasteiger partial charge in [-0.15, -0.1) is 12.4 Å². The van der Waals surface area contributed by atoms with Crippen molar-refractivity contribution in [3.05, 3.63) is 57.0 Å². The molecule has 2 aliphatic heterocycles. The molecule has 2 fully saturated rings. The summed E-state index contributed by atoms with van der Waals surface area (Å²) in [4.78, 5) is 27.0. The molecule has 26 heavy (non-hydrogen) atoms. The molecule has 1 amide bonds. The van der Waals surface area contributed by atoms with Gasteiger partial charge in [-0.1, -0.05) is 24.3 Å². The summed E-state index contributed by atoms with van der Waals surface area (Å²) in [5, 5.41) is 8.84. The van der Waals surface area contributed by atoms with E-state index < -0.39 is 0 Å². The normalized spacial score (nSPS) is 24.4. The molecule has 1 aromatic heterocycles. The topological polar surface area (TPSA) is 81.0 Å². The molecule has 0 radical (unpaired) electrons. The van der Waals surface area contributed by atoms with Crippen molar-refractivity contribution in [2.75, 3.05) is 19.6 Å². The number of carbonyl (C=O) groups is 1. The fourth-order valence-corrected chi connectivity index (χ4v) is 4.43. The second-order valence-corrected chi connectivity index (χ2v) is 7.29. The van der Waals surface area contributed by atoms with Crippen LogP contribution in [0.3, 0.4) is 0 Å². The number of fused-ring (bicyclic) bond motifs is 1. The average molecular weight is 377 g/mol. The van der Waals surface area contributed by atoms with E-state index in [1.165, 1.54) is 11.1 Å². The van der Waals surface area contributed by atoms with E-state index in [0.717, 1.165) is 25.3 Å². The van der Waals surface area contributed by atoms with Gasteiger partial charge in [0.05, 0.1) is 12.5 Å². The van der Waals surface area contributed by atoms with Crippen LogP contribution in [0.4, 0.5) is 0 Å². The Morgan fingerprint density at radius 1 is 1.19 bits per heavy atom. The van der Waals surface area contributed by atoms with Crippen molar-refractivity contribution in [2.24, 2.45) is 11.8 Å². The summed E-state index contributed by atoms with van der Waals surface area (Å²) in [5.41, 5.74) is 3.54. The van der Waals surface area contributed by atoms with Crippen molar-refractivity contribution in [3.63, 3.8) is 0 Å². The number of amides is 1. The summed E-state index contributed by atoms with van der Waals surface area (Å²) < 4.78 is 0. The summed E-state index contributed by atoms with van der Waals surface area (Å²) in [6.07, 6.45) is 0.153. The summed E-state index contributed by atoms with van der Waals surface area (Å²) in [5.74, 6) is 0.964. The van der Waals surface area contributed by atoms with Gasteiger partial charge in [-0.3, -0.25) is 14.7 Å². The van der Waals surface area contributed by atoms with E-state index in [9.17, 15) is 9.59 Å². The van der Waals surface area contributed by atoms with Gasteiger partial charge in [0.1, 0.15) is 0 Å². The van der Waals surface area contributed by atoms with Crippen molar-refractivity contribution >= 4 is 18.3 Å². The highest BCUT2D eigenvalue weighted by atomic mass is 35.5. The van der Waals surface area contributed by atoms with Crippen LogP contribution in [-0.4, -0.2) is 40.6 Å². The van der Waals surface area contributed by atoms with Gasteiger partial charge < -0.3 is 15.3 Å². The second-order valence-electron chi connectivity index (χ2n) is 7.29. The number of halogens is 1. The van der Waals surface area contributed by atoms with Crippen molar-refractivity contribution in [1.29, 1.82) is 0 Å². The minimum atomic E-state index is -0.195. The number of benzene rings is 1. The van der Waals surface area contributed by atoms with Gasteiger partial charge in [0.15, 0.2) is 0 Å². The van der Waals surface area contributed by atoms with Crippen LogP contribution in [0.15, 0.2) is 29.1 Å². The molecule has 1 aromatic carbocycles. The molecule has 2 aliphatic rings. The van der Waals surface area contributed by atoms with Crippen LogP contribution in [0.1, 0.15) is 28.4 Å². The van der Waals surface area contributed by atoms with Crippen molar-refractivity contribution in [2.45, 2.75) is 26.3 Å². The smallest absolute Gasteiger partial charge is 0.267 e. The fraction of sp³-hybridized carbons (Fsp3) is 0.474. The highest BCUT2D eigenvalue weighted by Gasteiger charge is 2.47. The minimum absolute atomic E-state index is 0. The maximum Gasteiger partial charge on any atom is 0.267 e. The number of hydrogen-bond donors (Lipinski definition) is 3. The Hall–Kier alpha value is -2.05. The highest BCUT2D eigenvalue weighted by Crippen LogP contribution is 2.43. The van der Waals surface area contributed by atoms with E-state index in [1.54, 1.807) is 0 Å². The van der Waals surface area contributed by atoms with Crippen LogP contribution in [-0.2, 0) is 11.2 Å². The van der Waals surface area contributed by atoms with Gasteiger partial charge in [-0.05, 0) is 30.9 Å². The van der Waals surface area contributed by atoms with Crippen molar-refractivity contribution in [1.82, 2.24) is 20.4 Å². The first-order valence-corrected chi connectivity index (χ1v) is 8.88. The lowest BCUT2D eigenvalue weighted by atomic mass is 9.87. The van der Waals surface area contributed by atoms with E-state index in [0.29, 0.717) is 17.4 Å². The van der Waals surface area contributed by atoms with Crippen molar-refractivity contribution in [3.8, 4) is 0 Å². The maximum absolute atomic E-state index is 13.1. The number of rotatable bonds is 3. The zero-order valence-electron chi connectivity index (χ0n) is 15.0. The first-order valence-electron chi connectivity index (χ1n) is 8.88. The van der Waals surface area contributed by atoms with Crippen molar-refractivity contribution < 1.29 is 4.79 Å². The van der Waals surface area contributed by atoms with E-state index in [1.807, 2.05) is 24.0 Å². The van der Waals surface area contributed by atoms with Gasteiger partial charge in [-0.2, -0.15) is 0 Å². The van der Waals surface area contributed by atoms with Crippen LogP contribution in [0.25, 0.3) is 0 Å². The molecular formula is C19H25ClN4O2. The number of aryl methyl sites for hydroxylation is 2. The van der Waals surface area contributed by atoms with E-state index in [2.05, 4.69) is 34.6 Å². The van der Waals surface area contributed by atoms with E-state index in [-0.39, 0.29) is 36.3 Å². The predicted molar refractivity (Wildman–Crippen MR) is 103 cm³/mol. The zero-order valence-corrected chi connectivity index (χ0v) is 15.9. The first kappa shape index (κ1) is 18.7. The van der Waals surface area contributed by atoms with Gasteiger partial charge >= 0.3 is 0 Å². The molecule has 3 N–H and O–H groups in total. The molecule has 2 saturated heterocycles. The second kappa shape index (κ2) is 7.29. The number of H-pyrrole nitrogens is 2. The molecule has 4 rings (SSSR count). The van der Waals surface area contributed by atoms with Gasteiger partial charge in [-0.25, -0.2) is 0 Å². The SMILES string of the molecule is Cc1ccccc1[C@@H]1[C@H]2CNC[C@H]2CN1C(=O)Cc1c(C)[nH][nH]c1=O.Cl. The summed E-state index contributed by atoms with van der Waals surface area (Å²) in [6, 6.07) is 8.41. The standard InChI is InChI=1S/C19H24N4O2.ClH/c1-11-5-3-4-6-14(11)18-16-9-20-8-13(16)10-23(18)17(24)7-15-12(2)21-22-19(15)25;/h3-6,13,16,18,20H,7-10H2,1-2H3,(H2,21,22,25);1H/t13-,16-,18+;/m0./s1. The lowest BCUT2D eigenvalue weighted by molar-refractivity contribution is -0.132. The number of hydrogen-bond acceptors (Lipinski definition) is 3. The fourth-order valence-electron chi connectivity index (χ4n) is 4.43. The number of aromatic nitrogens is 2. The van der Waals surface area contributed by atoms with Gasteiger partial charge in [0.2, 0.25) is 5.91 Å². The summed E-state index contributed by atoms with van der Waals surface area (Å²) in [7, 11) is 0. The number of likely N-dealkylation sites (tertiary alicyclic amines) is 1. The molecule has 7 heteroatoms. The Bertz CT molecular complexity index is 859. The largest absolute Gasteiger partial charge is 0.335 e. The lowest BCUT2D eigenvalue weighted by Crippen LogP contribution is -2.36. The highest BCUT2D eigenvalue weighted by molar-refractivity contribution is 5.85. The molecule has 3 heterocycles. The Morgan fingerprint density at radius 2 is 1.96 bits per heavy atom. The Balaban J connectivity index is 0.00000196. The van der Waals surface area contributed by atoms with Gasteiger partial charge in [0, 0.05) is 36.8 Å². The molecule has 0 saturated carbocycles. The van der Waals surface area contributed by atoms with Crippen LogP contribution in [0.5, 0.6) is 0 Å². The monoisotopic (exact) mass is 376 g/mol. The summed E-state index contributed by atoms with van der Waals surface area (Å²) >= 11 is 0. The molecule has 0 spiro atoms. The quantitative estimate of drug-likeness (QED) is 0.762. The number of nitrogens with one attached hydrogen (secondary N) is 3. The van der Waals surface area contributed by atoms with Crippen LogP contribution < -0.4 is 10.9 Å². The number of carbonyl (C=O) groups excluding carboxylic acids is 1. The predicted octanol–water partition coefficient (Wildman–Crippen LogP) is 1.70. The van der Waals surface area contributed by atoms with E-state index >= 15 is 0 Å². The molecule has 0 bridgehead atoms. The third-order valence-electron chi connectivity index (χ3n) is 5.81. The zero-order chi connectivity index (χ0) is 17.6. The third kappa shape index (κ3) is 3.08. The molecular weight excluding hydrogens is 352 g/mol. The molecule has 140 valence electrons. The maximum atomic E-state index is 13.1. The average Bonchev–Trinajstić information content (AvgIpc) is 3.26. The molecule has 2 aromatic rings. The molecule has 0 unspecified atom stereocenters.